The zero-order valence-corrected chi connectivity index (χ0v) is 17.6. The molecule has 2 aromatic rings. The minimum absolute atomic E-state index is 0.00568. The molecule has 2 N–H and O–H groups in total. The zero-order chi connectivity index (χ0) is 20.9. The Bertz CT molecular complexity index is 970. The van der Waals surface area contributed by atoms with Gasteiger partial charge in [0.15, 0.2) is 0 Å². The van der Waals surface area contributed by atoms with Gasteiger partial charge in [0.2, 0.25) is 10.0 Å². The second kappa shape index (κ2) is 9.39. The average molecular weight is 418 g/mol. The number of benzene rings is 2. The highest BCUT2D eigenvalue weighted by Gasteiger charge is 2.13. The van der Waals surface area contributed by atoms with Crippen LogP contribution >= 0.6 is 0 Å². The van der Waals surface area contributed by atoms with Gasteiger partial charge in [-0.05, 0) is 55.3 Å². The highest BCUT2D eigenvalue weighted by atomic mass is 32.2. The van der Waals surface area contributed by atoms with Crippen molar-refractivity contribution >= 4 is 27.3 Å². The van der Waals surface area contributed by atoms with Gasteiger partial charge in [-0.1, -0.05) is 12.1 Å². The van der Waals surface area contributed by atoms with E-state index in [-0.39, 0.29) is 11.7 Å². The van der Waals surface area contributed by atoms with Gasteiger partial charge in [-0.15, -0.1) is 0 Å². The van der Waals surface area contributed by atoms with E-state index in [2.05, 4.69) is 14.9 Å². The van der Waals surface area contributed by atoms with Crippen molar-refractivity contribution in [3.05, 3.63) is 59.2 Å². The van der Waals surface area contributed by atoms with Crippen molar-refractivity contribution in [1.82, 2.24) is 4.90 Å². The number of amides is 1. The van der Waals surface area contributed by atoms with Crippen LogP contribution in [0.3, 0.4) is 0 Å². The number of sulfonamides is 1. The maximum atomic E-state index is 12.7. The van der Waals surface area contributed by atoms with E-state index in [0.717, 1.165) is 44.0 Å². The van der Waals surface area contributed by atoms with Gasteiger partial charge in [0.1, 0.15) is 0 Å². The third-order valence-electron chi connectivity index (χ3n) is 4.83. The molecule has 0 spiro atoms. The molecule has 8 heteroatoms. The Hall–Kier alpha value is -2.42. The largest absolute Gasteiger partial charge is 0.379 e. The predicted octanol–water partition coefficient (Wildman–Crippen LogP) is 2.84. The van der Waals surface area contributed by atoms with Crippen molar-refractivity contribution < 1.29 is 17.9 Å². The van der Waals surface area contributed by atoms with Crippen molar-refractivity contribution in [2.24, 2.45) is 0 Å². The summed E-state index contributed by atoms with van der Waals surface area (Å²) in [5.74, 6) is -0.193. The standard InChI is InChI=1S/C21H27N3O4S/c1-3-29(26,27)23-20-8-7-19(13-16(20)2)22-21(25)18-6-4-5-17(14-18)15-24-9-11-28-12-10-24/h4-8,13-14,23H,3,9-12,15H2,1-2H3,(H,22,25). The lowest BCUT2D eigenvalue weighted by atomic mass is 10.1. The molecule has 29 heavy (non-hydrogen) atoms. The first-order valence-corrected chi connectivity index (χ1v) is 11.3. The Morgan fingerprint density at radius 3 is 2.59 bits per heavy atom. The predicted molar refractivity (Wildman–Crippen MR) is 115 cm³/mol. The molecule has 1 aliphatic rings. The molecule has 0 bridgehead atoms. The van der Waals surface area contributed by atoms with Crippen LogP contribution in [0.2, 0.25) is 0 Å². The Morgan fingerprint density at radius 2 is 1.90 bits per heavy atom. The summed E-state index contributed by atoms with van der Waals surface area (Å²) < 4.78 is 31.4. The molecule has 1 saturated heterocycles. The summed E-state index contributed by atoms with van der Waals surface area (Å²) >= 11 is 0. The first kappa shape index (κ1) is 21.3. The van der Waals surface area contributed by atoms with Crippen molar-refractivity contribution in [1.29, 1.82) is 0 Å². The van der Waals surface area contributed by atoms with Gasteiger partial charge in [-0.3, -0.25) is 14.4 Å². The smallest absolute Gasteiger partial charge is 0.255 e. The minimum Gasteiger partial charge on any atom is -0.379 e. The second-order valence-corrected chi connectivity index (χ2v) is 9.09. The van der Waals surface area contributed by atoms with Crippen LogP contribution in [0.15, 0.2) is 42.5 Å². The molecule has 1 amide bonds. The fraction of sp³-hybridized carbons (Fsp3) is 0.381. The van der Waals surface area contributed by atoms with E-state index in [1.807, 2.05) is 18.2 Å². The molecule has 0 radical (unpaired) electrons. The lowest BCUT2D eigenvalue weighted by molar-refractivity contribution is 0.0342. The van der Waals surface area contributed by atoms with Gasteiger partial charge in [-0.2, -0.15) is 0 Å². The van der Waals surface area contributed by atoms with Gasteiger partial charge in [0.05, 0.1) is 24.7 Å². The van der Waals surface area contributed by atoms with Crippen molar-refractivity contribution in [3.63, 3.8) is 0 Å². The maximum absolute atomic E-state index is 12.7. The number of nitrogens with zero attached hydrogens (tertiary/aromatic N) is 1. The number of carbonyl (C=O) groups is 1. The lowest BCUT2D eigenvalue weighted by Crippen LogP contribution is -2.35. The summed E-state index contributed by atoms with van der Waals surface area (Å²) in [5.41, 5.74) is 3.54. The van der Waals surface area contributed by atoms with E-state index in [1.165, 1.54) is 0 Å². The SMILES string of the molecule is CCS(=O)(=O)Nc1ccc(NC(=O)c2cccc(CN3CCOCC3)c2)cc1C. The van der Waals surface area contributed by atoms with Gasteiger partial charge in [-0.25, -0.2) is 8.42 Å². The number of hydrogen-bond acceptors (Lipinski definition) is 5. The zero-order valence-electron chi connectivity index (χ0n) is 16.8. The van der Waals surface area contributed by atoms with Gasteiger partial charge >= 0.3 is 0 Å². The summed E-state index contributed by atoms with van der Waals surface area (Å²) in [6.45, 7) is 7.43. The summed E-state index contributed by atoms with van der Waals surface area (Å²) in [5, 5.41) is 2.88. The van der Waals surface area contributed by atoms with Crippen LogP contribution in [0.5, 0.6) is 0 Å². The maximum Gasteiger partial charge on any atom is 0.255 e. The number of morpholine rings is 1. The first-order chi connectivity index (χ1) is 13.9. The molecule has 0 aliphatic carbocycles. The van der Waals surface area contributed by atoms with Crippen LogP contribution < -0.4 is 10.0 Å². The molecular weight excluding hydrogens is 390 g/mol. The molecule has 0 aromatic heterocycles. The second-order valence-electron chi connectivity index (χ2n) is 7.08. The van der Waals surface area contributed by atoms with Gasteiger partial charge in [0.25, 0.3) is 5.91 Å². The van der Waals surface area contributed by atoms with E-state index < -0.39 is 10.0 Å². The topological polar surface area (TPSA) is 87.7 Å². The fourth-order valence-electron chi connectivity index (χ4n) is 3.13. The number of rotatable bonds is 7. The van der Waals surface area contributed by atoms with Crippen molar-refractivity contribution in [2.75, 3.05) is 42.1 Å². The lowest BCUT2D eigenvalue weighted by Gasteiger charge is -2.26. The van der Waals surface area contributed by atoms with E-state index >= 15 is 0 Å². The highest BCUT2D eigenvalue weighted by Crippen LogP contribution is 2.21. The molecule has 7 nitrogen and oxygen atoms in total. The molecular formula is C21H27N3O4S. The Balaban J connectivity index is 1.67. The fourth-order valence-corrected chi connectivity index (χ4v) is 3.84. The van der Waals surface area contributed by atoms with E-state index in [9.17, 15) is 13.2 Å². The number of nitrogens with one attached hydrogen (secondary N) is 2. The highest BCUT2D eigenvalue weighted by molar-refractivity contribution is 7.92. The molecule has 1 aliphatic heterocycles. The molecule has 3 rings (SSSR count). The number of hydrogen-bond donors (Lipinski definition) is 2. The first-order valence-electron chi connectivity index (χ1n) is 9.68. The minimum atomic E-state index is -3.34. The van der Waals surface area contributed by atoms with Crippen LogP contribution in [-0.4, -0.2) is 51.3 Å². The van der Waals surface area contributed by atoms with Crippen LogP contribution in [0.25, 0.3) is 0 Å². The summed E-state index contributed by atoms with van der Waals surface area (Å²) in [6.07, 6.45) is 0. The van der Waals surface area contributed by atoms with E-state index in [1.54, 1.807) is 38.1 Å². The van der Waals surface area contributed by atoms with Crippen LogP contribution in [0.4, 0.5) is 11.4 Å². The summed E-state index contributed by atoms with van der Waals surface area (Å²) in [4.78, 5) is 15.0. The van der Waals surface area contributed by atoms with E-state index in [4.69, 9.17) is 4.74 Å². The monoisotopic (exact) mass is 417 g/mol. The van der Waals surface area contributed by atoms with Gasteiger partial charge in [0, 0.05) is 30.9 Å². The normalized spacial score (nSPS) is 15.1. The van der Waals surface area contributed by atoms with Crippen LogP contribution in [0.1, 0.15) is 28.4 Å². The quantitative estimate of drug-likeness (QED) is 0.723. The summed E-state index contributed by atoms with van der Waals surface area (Å²) in [7, 11) is -3.34. The number of carbonyl (C=O) groups excluding carboxylic acids is 1. The number of aryl methyl sites for hydroxylation is 1. The summed E-state index contributed by atoms with van der Waals surface area (Å²) in [6, 6.07) is 12.7. The Kier molecular flexibility index (Phi) is 6.89. The Labute approximate surface area is 172 Å². The molecule has 1 fully saturated rings. The Morgan fingerprint density at radius 1 is 1.14 bits per heavy atom. The third kappa shape index (κ3) is 6.03. The molecule has 2 aromatic carbocycles. The molecule has 156 valence electrons. The third-order valence-corrected chi connectivity index (χ3v) is 6.12. The number of anilines is 2. The van der Waals surface area contributed by atoms with Crippen LogP contribution in [-0.2, 0) is 21.3 Å². The van der Waals surface area contributed by atoms with Crippen LogP contribution in [0, 0.1) is 6.92 Å². The van der Waals surface area contributed by atoms with Crippen molar-refractivity contribution in [3.8, 4) is 0 Å². The van der Waals surface area contributed by atoms with Crippen molar-refractivity contribution in [2.45, 2.75) is 20.4 Å². The molecule has 1 heterocycles. The molecule has 0 unspecified atom stereocenters. The molecule has 0 atom stereocenters. The van der Waals surface area contributed by atoms with E-state index in [0.29, 0.717) is 16.9 Å². The van der Waals surface area contributed by atoms with Gasteiger partial charge < -0.3 is 10.1 Å². The average Bonchev–Trinajstić information content (AvgIpc) is 2.71. The number of ether oxygens (including phenoxy) is 1. The molecule has 0 saturated carbocycles.